The van der Waals surface area contributed by atoms with Crippen LogP contribution in [0.25, 0.3) is 0 Å². The fraction of sp³-hybridized carbons (Fsp3) is 0.500. The van der Waals surface area contributed by atoms with Gasteiger partial charge in [-0.2, -0.15) is 0 Å². The molecule has 1 atom stereocenters. The maximum absolute atomic E-state index is 8.81. The van der Waals surface area contributed by atoms with Crippen molar-refractivity contribution in [1.82, 2.24) is 9.97 Å². The van der Waals surface area contributed by atoms with Crippen LogP contribution in [0.1, 0.15) is 6.92 Å². The fourth-order valence-electron chi connectivity index (χ4n) is 0.677. The number of hydrogen-bond acceptors (Lipinski definition) is 4. The van der Waals surface area contributed by atoms with E-state index in [1.54, 1.807) is 11.8 Å². The molecule has 0 aliphatic rings. The second kappa shape index (κ2) is 5.57. The van der Waals surface area contributed by atoms with Gasteiger partial charge in [0, 0.05) is 18.4 Å². The molecule has 1 unspecified atom stereocenters. The quantitative estimate of drug-likeness (QED) is 0.666. The Balaban J connectivity index is 2.45. The normalized spacial score (nSPS) is 12.8. The van der Waals surface area contributed by atoms with Crippen LogP contribution in [-0.2, 0) is 0 Å². The van der Waals surface area contributed by atoms with Crippen molar-refractivity contribution in [3.8, 4) is 0 Å². The first kappa shape index (κ1) is 10.9. The largest absolute Gasteiger partial charge is 0.396 e. The SMILES string of the molecule is CC(CO)CSc1cc(Br)ncn1. The van der Waals surface area contributed by atoms with E-state index in [0.717, 1.165) is 15.4 Å². The van der Waals surface area contributed by atoms with Gasteiger partial charge in [0.05, 0.1) is 0 Å². The summed E-state index contributed by atoms with van der Waals surface area (Å²) in [5, 5.41) is 9.74. The van der Waals surface area contributed by atoms with E-state index in [0.29, 0.717) is 5.92 Å². The van der Waals surface area contributed by atoms with Crippen LogP contribution in [0.3, 0.4) is 0 Å². The first-order valence-electron chi connectivity index (χ1n) is 3.93. The molecule has 0 aliphatic carbocycles. The summed E-state index contributed by atoms with van der Waals surface area (Å²) in [5.41, 5.74) is 0. The molecule has 1 aromatic heterocycles. The van der Waals surface area contributed by atoms with Crippen molar-refractivity contribution in [2.45, 2.75) is 11.9 Å². The fourth-order valence-corrected chi connectivity index (χ4v) is 2.01. The Morgan fingerprint density at radius 3 is 3.00 bits per heavy atom. The Bertz CT molecular complexity index is 272. The van der Waals surface area contributed by atoms with Crippen molar-refractivity contribution in [2.24, 2.45) is 5.92 Å². The van der Waals surface area contributed by atoms with E-state index in [1.807, 2.05) is 13.0 Å². The molecule has 0 saturated carbocycles. The molecule has 0 aliphatic heterocycles. The summed E-state index contributed by atoms with van der Waals surface area (Å²) in [7, 11) is 0. The van der Waals surface area contributed by atoms with Gasteiger partial charge in [-0.25, -0.2) is 9.97 Å². The van der Waals surface area contributed by atoms with Crippen LogP contribution in [0.5, 0.6) is 0 Å². The van der Waals surface area contributed by atoms with Gasteiger partial charge in [-0.15, -0.1) is 11.8 Å². The van der Waals surface area contributed by atoms with Crippen LogP contribution in [0.4, 0.5) is 0 Å². The molecule has 5 heteroatoms. The Hall–Kier alpha value is -0.130. The molecule has 0 amide bonds. The lowest BCUT2D eigenvalue weighted by Gasteiger charge is -2.05. The van der Waals surface area contributed by atoms with Crippen molar-refractivity contribution >= 4 is 27.7 Å². The summed E-state index contributed by atoms with van der Waals surface area (Å²) in [4.78, 5) is 8.02. The van der Waals surface area contributed by atoms with Crippen molar-refractivity contribution in [3.63, 3.8) is 0 Å². The number of thioether (sulfide) groups is 1. The Morgan fingerprint density at radius 1 is 1.62 bits per heavy atom. The van der Waals surface area contributed by atoms with E-state index >= 15 is 0 Å². The van der Waals surface area contributed by atoms with Crippen LogP contribution in [-0.4, -0.2) is 27.4 Å². The number of aromatic nitrogens is 2. The summed E-state index contributed by atoms with van der Waals surface area (Å²) in [5.74, 6) is 1.18. The van der Waals surface area contributed by atoms with E-state index in [1.165, 1.54) is 6.33 Å². The molecular weight excluding hydrogens is 252 g/mol. The number of aliphatic hydroxyl groups excluding tert-OH is 1. The van der Waals surface area contributed by atoms with Crippen LogP contribution < -0.4 is 0 Å². The maximum atomic E-state index is 8.81. The van der Waals surface area contributed by atoms with Gasteiger partial charge in [0.25, 0.3) is 0 Å². The van der Waals surface area contributed by atoms with Crippen LogP contribution in [0, 0.1) is 5.92 Å². The zero-order chi connectivity index (χ0) is 9.68. The van der Waals surface area contributed by atoms with Gasteiger partial charge >= 0.3 is 0 Å². The average molecular weight is 263 g/mol. The summed E-state index contributed by atoms with van der Waals surface area (Å²) in [6, 6.07) is 1.87. The van der Waals surface area contributed by atoms with Gasteiger partial charge in [0.2, 0.25) is 0 Å². The minimum Gasteiger partial charge on any atom is -0.396 e. The van der Waals surface area contributed by atoms with E-state index in [2.05, 4.69) is 25.9 Å². The summed E-state index contributed by atoms with van der Waals surface area (Å²) in [6.07, 6.45) is 1.52. The molecule has 1 N–H and O–H groups in total. The highest BCUT2D eigenvalue weighted by molar-refractivity contribution is 9.10. The number of aliphatic hydroxyl groups is 1. The first-order chi connectivity index (χ1) is 6.22. The van der Waals surface area contributed by atoms with Gasteiger partial charge < -0.3 is 5.11 Å². The molecule has 1 heterocycles. The third-order valence-corrected chi connectivity index (χ3v) is 3.12. The maximum Gasteiger partial charge on any atom is 0.118 e. The molecule has 0 spiro atoms. The molecule has 0 aromatic carbocycles. The minimum absolute atomic E-state index is 0.221. The van der Waals surface area contributed by atoms with Crippen molar-refractivity contribution in [2.75, 3.05) is 12.4 Å². The number of nitrogens with zero attached hydrogens (tertiary/aromatic N) is 2. The molecule has 1 rings (SSSR count). The highest BCUT2D eigenvalue weighted by Crippen LogP contribution is 2.19. The molecule has 0 saturated heterocycles. The van der Waals surface area contributed by atoms with Crippen molar-refractivity contribution in [3.05, 3.63) is 17.0 Å². The van der Waals surface area contributed by atoms with Gasteiger partial charge in [0.1, 0.15) is 16.0 Å². The minimum atomic E-state index is 0.221. The molecule has 13 heavy (non-hydrogen) atoms. The van der Waals surface area contributed by atoms with Crippen molar-refractivity contribution < 1.29 is 5.11 Å². The molecular formula is C8H11BrN2OS. The lowest BCUT2D eigenvalue weighted by molar-refractivity contribution is 0.250. The lowest BCUT2D eigenvalue weighted by Crippen LogP contribution is -2.03. The van der Waals surface area contributed by atoms with Crippen molar-refractivity contribution in [1.29, 1.82) is 0 Å². The molecule has 0 radical (unpaired) electrons. The molecule has 0 bridgehead atoms. The van der Waals surface area contributed by atoms with E-state index in [9.17, 15) is 0 Å². The Kier molecular flexibility index (Phi) is 4.69. The second-order valence-corrected chi connectivity index (χ2v) is 4.63. The summed E-state index contributed by atoms with van der Waals surface area (Å²) in [6.45, 7) is 2.22. The predicted molar refractivity (Wildman–Crippen MR) is 56.7 cm³/mol. The Morgan fingerprint density at radius 2 is 2.38 bits per heavy atom. The second-order valence-electron chi connectivity index (χ2n) is 2.78. The molecule has 0 fully saturated rings. The number of halogens is 1. The highest BCUT2D eigenvalue weighted by atomic mass is 79.9. The zero-order valence-corrected chi connectivity index (χ0v) is 9.68. The van der Waals surface area contributed by atoms with Crippen LogP contribution in [0.2, 0.25) is 0 Å². The monoisotopic (exact) mass is 262 g/mol. The van der Waals surface area contributed by atoms with E-state index in [-0.39, 0.29) is 6.61 Å². The standard InChI is InChI=1S/C8H11BrN2OS/c1-6(3-12)4-13-8-2-7(9)10-5-11-8/h2,5-6,12H,3-4H2,1H3. The summed E-state index contributed by atoms with van der Waals surface area (Å²) < 4.78 is 0.793. The van der Waals surface area contributed by atoms with Crippen LogP contribution in [0.15, 0.2) is 22.0 Å². The van der Waals surface area contributed by atoms with E-state index < -0.39 is 0 Å². The lowest BCUT2D eigenvalue weighted by atomic mass is 10.2. The predicted octanol–water partition coefficient (Wildman–Crippen LogP) is 1.96. The third kappa shape index (κ3) is 4.06. The number of rotatable bonds is 4. The van der Waals surface area contributed by atoms with Crippen LogP contribution >= 0.6 is 27.7 Å². The van der Waals surface area contributed by atoms with E-state index in [4.69, 9.17) is 5.11 Å². The summed E-state index contributed by atoms with van der Waals surface area (Å²) >= 11 is 4.90. The zero-order valence-electron chi connectivity index (χ0n) is 7.27. The smallest absolute Gasteiger partial charge is 0.118 e. The van der Waals surface area contributed by atoms with Gasteiger partial charge in [0.15, 0.2) is 0 Å². The first-order valence-corrected chi connectivity index (χ1v) is 5.71. The molecule has 72 valence electrons. The third-order valence-electron chi connectivity index (χ3n) is 1.44. The Labute approximate surface area is 90.1 Å². The molecule has 1 aromatic rings. The molecule has 3 nitrogen and oxygen atoms in total. The highest BCUT2D eigenvalue weighted by Gasteiger charge is 2.02. The van der Waals surface area contributed by atoms with Gasteiger partial charge in [-0.05, 0) is 21.8 Å². The number of hydrogen-bond donors (Lipinski definition) is 1. The van der Waals surface area contributed by atoms with Gasteiger partial charge in [-0.1, -0.05) is 6.92 Å². The average Bonchev–Trinajstić information content (AvgIpc) is 2.14. The van der Waals surface area contributed by atoms with Gasteiger partial charge in [-0.3, -0.25) is 0 Å². The topological polar surface area (TPSA) is 46.0 Å².